The molecular weight excluding hydrogens is 221 g/mol. The van der Waals surface area contributed by atoms with Gasteiger partial charge in [-0.15, -0.1) is 0 Å². The Morgan fingerprint density at radius 2 is 2.06 bits per heavy atom. The maximum Gasteiger partial charge on any atom is 0.144 e. The molecule has 0 saturated carbocycles. The van der Waals surface area contributed by atoms with Crippen molar-refractivity contribution in [2.45, 2.75) is 6.54 Å². The molecule has 0 bridgehead atoms. The van der Waals surface area contributed by atoms with Crippen molar-refractivity contribution in [3.05, 3.63) is 48.3 Å². The van der Waals surface area contributed by atoms with Gasteiger partial charge in [-0.3, -0.25) is 0 Å². The minimum atomic E-state index is -0.324. The number of ether oxygens (including phenoxy) is 1. The van der Waals surface area contributed by atoms with E-state index in [1.54, 1.807) is 18.5 Å². The fraction of sp³-hybridized carbons (Fsp3) is 0.167. The number of anilines is 1. The number of nitrogens with one attached hydrogen (secondary N) is 1. The van der Waals surface area contributed by atoms with Gasteiger partial charge in [0, 0.05) is 30.6 Å². The van der Waals surface area contributed by atoms with E-state index in [0.29, 0.717) is 12.3 Å². The van der Waals surface area contributed by atoms with Crippen molar-refractivity contribution in [3.8, 4) is 5.75 Å². The summed E-state index contributed by atoms with van der Waals surface area (Å²) in [5, 5.41) is 3.14. The smallest absolute Gasteiger partial charge is 0.144 e. The van der Waals surface area contributed by atoms with Crippen molar-refractivity contribution >= 4 is 5.69 Å². The zero-order chi connectivity index (χ0) is 12.1. The molecule has 0 saturated heterocycles. The first-order valence-corrected chi connectivity index (χ1v) is 5.11. The lowest BCUT2D eigenvalue weighted by Crippen LogP contribution is -2.02. The summed E-state index contributed by atoms with van der Waals surface area (Å²) in [7, 11) is 1.51. The van der Waals surface area contributed by atoms with Crippen molar-refractivity contribution in [1.82, 2.24) is 9.97 Å². The average molecular weight is 233 g/mol. The molecule has 2 rings (SSSR count). The molecule has 0 amide bonds. The molecule has 0 aliphatic rings. The van der Waals surface area contributed by atoms with Crippen LogP contribution >= 0.6 is 0 Å². The Bertz CT molecular complexity index is 490. The second-order valence-electron chi connectivity index (χ2n) is 3.44. The predicted molar refractivity (Wildman–Crippen MR) is 62.3 cm³/mol. The Morgan fingerprint density at radius 1 is 1.29 bits per heavy atom. The second-order valence-corrected chi connectivity index (χ2v) is 3.44. The lowest BCUT2D eigenvalue weighted by Gasteiger charge is -2.10. The molecule has 2 aromatic rings. The molecule has 0 radical (unpaired) electrons. The zero-order valence-corrected chi connectivity index (χ0v) is 9.35. The highest BCUT2D eigenvalue weighted by Gasteiger charge is 2.04. The van der Waals surface area contributed by atoms with Gasteiger partial charge in [0.25, 0.3) is 0 Å². The summed E-state index contributed by atoms with van der Waals surface area (Å²) in [6.07, 6.45) is 4.91. The van der Waals surface area contributed by atoms with Crippen molar-refractivity contribution in [2.24, 2.45) is 0 Å². The summed E-state index contributed by atoms with van der Waals surface area (Å²) in [5.41, 5.74) is 1.68. The van der Waals surface area contributed by atoms with Crippen molar-refractivity contribution in [3.63, 3.8) is 0 Å². The first kappa shape index (κ1) is 11.3. The van der Waals surface area contributed by atoms with Gasteiger partial charge in [0.2, 0.25) is 0 Å². The van der Waals surface area contributed by atoms with Crippen LogP contribution in [0.5, 0.6) is 5.75 Å². The minimum absolute atomic E-state index is 0.324. The number of halogens is 1. The van der Waals surface area contributed by atoms with Gasteiger partial charge in [-0.2, -0.15) is 0 Å². The third-order valence-electron chi connectivity index (χ3n) is 2.26. The first-order valence-electron chi connectivity index (χ1n) is 5.11. The Labute approximate surface area is 98.5 Å². The van der Waals surface area contributed by atoms with Crippen molar-refractivity contribution in [1.29, 1.82) is 0 Å². The number of methoxy groups -OCH3 is 1. The Morgan fingerprint density at radius 3 is 2.76 bits per heavy atom. The van der Waals surface area contributed by atoms with E-state index in [4.69, 9.17) is 4.74 Å². The van der Waals surface area contributed by atoms with Gasteiger partial charge in [-0.25, -0.2) is 14.4 Å². The highest BCUT2D eigenvalue weighted by Crippen LogP contribution is 2.25. The highest BCUT2D eigenvalue weighted by atomic mass is 19.1. The molecule has 1 heterocycles. The molecular formula is C12H12FN3O. The molecule has 5 heteroatoms. The van der Waals surface area contributed by atoms with Crippen LogP contribution in [0.4, 0.5) is 10.1 Å². The summed E-state index contributed by atoms with van der Waals surface area (Å²) < 4.78 is 18.1. The van der Waals surface area contributed by atoms with Gasteiger partial charge in [0.1, 0.15) is 17.9 Å². The fourth-order valence-corrected chi connectivity index (χ4v) is 1.43. The number of hydrogen-bond acceptors (Lipinski definition) is 4. The summed E-state index contributed by atoms with van der Waals surface area (Å²) in [6.45, 7) is 0.558. The molecule has 0 unspecified atom stereocenters. The number of rotatable bonds is 4. The molecule has 17 heavy (non-hydrogen) atoms. The lowest BCUT2D eigenvalue weighted by molar-refractivity contribution is 0.413. The number of nitrogens with zero attached hydrogens (tertiary/aromatic N) is 2. The average Bonchev–Trinajstić information content (AvgIpc) is 2.38. The van der Waals surface area contributed by atoms with E-state index in [-0.39, 0.29) is 5.82 Å². The Kier molecular flexibility index (Phi) is 3.49. The molecule has 0 aliphatic carbocycles. The quantitative estimate of drug-likeness (QED) is 0.879. The van der Waals surface area contributed by atoms with Crippen LogP contribution in [-0.2, 0) is 6.54 Å². The van der Waals surface area contributed by atoms with Crippen molar-refractivity contribution in [2.75, 3.05) is 12.4 Å². The maximum atomic E-state index is 13.0. The molecule has 1 N–H and O–H groups in total. The van der Waals surface area contributed by atoms with Gasteiger partial charge in [0.15, 0.2) is 0 Å². The van der Waals surface area contributed by atoms with E-state index in [9.17, 15) is 4.39 Å². The number of benzene rings is 1. The summed E-state index contributed by atoms with van der Waals surface area (Å²) in [6, 6.07) is 4.36. The van der Waals surface area contributed by atoms with Gasteiger partial charge in [-0.05, 0) is 12.1 Å². The zero-order valence-electron chi connectivity index (χ0n) is 9.35. The largest absolute Gasteiger partial charge is 0.494 e. The fourth-order valence-electron chi connectivity index (χ4n) is 1.43. The molecule has 4 nitrogen and oxygen atoms in total. The molecule has 88 valence electrons. The van der Waals surface area contributed by atoms with Crippen LogP contribution in [0.25, 0.3) is 0 Å². The van der Waals surface area contributed by atoms with E-state index in [1.165, 1.54) is 25.6 Å². The monoisotopic (exact) mass is 233 g/mol. The van der Waals surface area contributed by atoms with E-state index in [2.05, 4.69) is 15.3 Å². The topological polar surface area (TPSA) is 47.0 Å². The summed E-state index contributed by atoms with van der Waals surface area (Å²) in [5.74, 6) is 0.150. The predicted octanol–water partition coefficient (Wildman–Crippen LogP) is 2.24. The third kappa shape index (κ3) is 2.90. The minimum Gasteiger partial charge on any atom is -0.494 e. The third-order valence-corrected chi connectivity index (χ3v) is 2.26. The van der Waals surface area contributed by atoms with Gasteiger partial charge < -0.3 is 10.1 Å². The molecule has 0 fully saturated rings. The maximum absolute atomic E-state index is 13.0. The van der Waals surface area contributed by atoms with Gasteiger partial charge in [0.05, 0.1) is 12.8 Å². The molecule has 1 aromatic carbocycles. The van der Waals surface area contributed by atoms with Crippen LogP contribution < -0.4 is 10.1 Å². The normalized spacial score (nSPS) is 10.0. The standard InChI is InChI=1S/C12H12FN3O/c1-17-12-4-10(13)2-3-11(12)16-7-9-5-14-8-15-6-9/h2-6,8,16H,7H2,1H3. The SMILES string of the molecule is COc1cc(F)ccc1NCc1cncnc1. The van der Waals surface area contributed by atoms with E-state index < -0.39 is 0 Å². The van der Waals surface area contributed by atoms with Gasteiger partial charge >= 0.3 is 0 Å². The van der Waals surface area contributed by atoms with Crippen LogP contribution in [0.1, 0.15) is 5.56 Å². The van der Waals surface area contributed by atoms with Crippen LogP contribution in [0.3, 0.4) is 0 Å². The Hall–Kier alpha value is -2.17. The van der Waals surface area contributed by atoms with Crippen LogP contribution in [0, 0.1) is 5.82 Å². The van der Waals surface area contributed by atoms with Crippen LogP contribution in [0.15, 0.2) is 36.9 Å². The molecule has 0 spiro atoms. The van der Waals surface area contributed by atoms with Crippen molar-refractivity contribution < 1.29 is 9.13 Å². The van der Waals surface area contributed by atoms with E-state index in [0.717, 1.165) is 11.3 Å². The molecule has 0 atom stereocenters. The summed E-state index contributed by atoms with van der Waals surface area (Å²) >= 11 is 0. The number of hydrogen-bond donors (Lipinski definition) is 1. The molecule has 0 aliphatic heterocycles. The second kappa shape index (κ2) is 5.25. The molecule has 1 aromatic heterocycles. The first-order chi connectivity index (χ1) is 8.29. The Balaban J connectivity index is 2.09. The number of aromatic nitrogens is 2. The van der Waals surface area contributed by atoms with Crippen LogP contribution in [-0.4, -0.2) is 17.1 Å². The lowest BCUT2D eigenvalue weighted by atomic mass is 10.2. The highest BCUT2D eigenvalue weighted by molar-refractivity contribution is 5.56. The van der Waals surface area contributed by atoms with Gasteiger partial charge in [-0.1, -0.05) is 0 Å². The summed E-state index contributed by atoms with van der Waals surface area (Å²) in [4.78, 5) is 7.82. The van der Waals surface area contributed by atoms with E-state index in [1.807, 2.05) is 0 Å². The van der Waals surface area contributed by atoms with E-state index >= 15 is 0 Å². The van der Waals surface area contributed by atoms with Crippen LogP contribution in [0.2, 0.25) is 0 Å².